The quantitative estimate of drug-likeness (QED) is 0.921. The van der Waals surface area contributed by atoms with Crippen LogP contribution in [-0.2, 0) is 0 Å². The van der Waals surface area contributed by atoms with E-state index in [9.17, 15) is 4.79 Å². The van der Waals surface area contributed by atoms with Gasteiger partial charge in [-0.25, -0.2) is 4.79 Å². The van der Waals surface area contributed by atoms with E-state index in [1.165, 1.54) is 11.3 Å². The number of carbonyl (C=O) groups is 1. The molecule has 0 fully saturated rings. The van der Waals surface area contributed by atoms with Gasteiger partial charge in [-0.05, 0) is 24.3 Å². The number of hydrogen-bond donors (Lipinski definition) is 1. The van der Waals surface area contributed by atoms with Crippen molar-refractivity contribution >= 4 is 17.3 Å². The Morgan fingerprint density at radius 2 is 1.72 bits per heavy atom. The van der Waals surface area contributed by atoms with Crippen LogP contribution >= 0.6 is 11.3 Å². The maximum absolute atomic E-state index is 10.9. The Kier molecular flexibility index (Phi) is 3.53. The second-order valence-electron chi connectivity index (χ2n) is 3.51. The highest BCUT2D eigenvalue weighted by molar-refractivity contribution is 7.17. The number of benzene rings is 1. The fourth-order valence-corrected chi connectivity index (χ4v) is 2.58. The smallest absolute Gasteiger partial charge is 0.345 e. The summed E-state index contributed by atoms with van der Waals surface area (Å²) in [6.45, 7) is 0. The summed E-state index contributed by atoms with van der Waals surface area (Å²) >= 11 is 1.19. The summed E-state index contributed by atoms with van der Waals surface area (Å²) in [5.41, 5.74) is 0.778. The first-order valence-electron chi connectivity index (χ1n) is 5.22. The van der Waals surface area contributed by atoms with Crippen molar-refractivity contribution in [2.24, 2.45) is 0 Å². The van der Waals surface area contributed by atoms with Gasteiger partial charge in [-0.15, -0.1) is 11.3 Å². The standard InChI is InChI=1S/C13H12O4S/c1-16-8-4-3-5-9(17-2)12(8)10-6-7-11(18-10)13(14)15/h3-7H,1-2H3,(H,14,15). The Hall–Kier alpha value is -2.01. The third kappa shape index (κ3) is 2.17. The molecule has 0 aliphatic heterocycles. The van der Waals surface area contributed by atoms with Gasteiger partial charge in [-0.2, -0.15) is 0 Å². The van der Waals surface area contributed by atoms with Crippen LogP contribution in [0.2, 0.25) is 0 Å². The number of aromatic carboxylic acids is 1. The molecule has 0 bridgehead atoms. The molecule has 2 rings (SSSR count). The van der Waals surface area contributed by atoms with Crippen LogP contribution in [0.3, 0.4) is 0 Å². The van der Waals surface area contributed by atoms with Crippen molar-refractivity contribution in [3.63, 3.8) is 0 Å². The highest BCUT2D eigenvalue weighted by atomic mass is 32.1. The number of hydrogen-bond acceptors (Lipinski definition) is 4. The second-order valence-corrected chi connectivity index (χ2v) is 4.59. The number of carboxylic acids is 1. The Morgan fingerprint density at radius 1 is 1.11 bits per heavy atom. The van der Waals surface area contributed by atoms with Crippen LogP contribution in [0.5, 0.6) is 11.5 Å². The van der Waals surface area contributed by atoms with Crippen LogP contribution in [0.4, 0.5) is 0 Å². The topological polar surface area (TPSA) is 55.8 Å². The van der Waals surface area contributed by atoms with Crippen molar-refractivity contribution in [1.29, 1.82) is 0 Å². The minimum absolute atomic E-state index is 0.290. The maximum atomic E-state index is 10.9. The van der Waals surface area contributed by atoms with Crippen LogP contribution in [-0.4, -0.2) is 25.3 Å². The van der Waals surface area contributed by atoms with Crippen molar-refractivity contribution < 1.29 is 19.4 Å². The number of carboxylic acid groups (broad SMARTS) is 1. The van der Waals surface area contributed by atoms with E-state index in [4.69, 9.17) is 14.6 Å². The fraction of sp³-hybridized carbons (Fsp3) is 0.154. The van der Waals surface area contributed by atoms with Crippen LogP contribution in [0.25, 0.3) is 10.4 Å². The predicted octanol–water partition coefficient (Wildman–Crippen LogP) is 3.13. The van der Waals surface area contributed by atoms with Crippen molar-refractivity contribution in [3.8, 4) is 21.9 Å². The first kappa shape index (κ1) is 12.4. The Balaban J connectivity index is 2.57. The molecule has 1 aromatic carbocycles. The van der Waals surface area contributed by atoms with Gasteiger partial charge in [0.2, 0.25) is 0 Å². The lowest BCUT2D eigenvalue weighted by molar-refractivity contribution is 0.0702. The lowest BCUT2D eigenvalue weighted by Gasteiger charge is -2.11. The SMILES string of the molecule is COc1cccc(OC)c1-c1ccc(C(=O)O)s1. The van der Waals surface area contributed by atoms with Gasteiger partial charge < -0.3 is 14.6 Å². The minimum Gasteiger partial charge on any atom is -0.496 e. The molecule has 0 aliphatic rings. The van der Waals surface area contributed by atoms with E-state index < -0.39 is 5.97 Å². The molecule has 1 heterocycles. The zero-order valence-corrected chi connectivity index (χ0v) is 10.8. The van der Waals surface area contributed by atoms with Crippen LogP contribution in [0.1, 0.15) is 9.67 Å². The molecule has 1 aromatic heterocycles. The third-order valence-corrected chi connectivity index (χ3v) is 3.58. The Morgan fingerprint density at radius 3 is 2.17 bits per heavy atom. The predicted molar refractivity (Wildman–Crippen MR) is 69.8 cm³/mol. The van der Waals surface area contributed by atoms with Crippen LogP contribution in [0.15, 0.2) is 30.3 Å². The van der Waals surface area contributed by atoms with Crippen molar-refractivity contribution in [2.75, 3.05) is 14.2 Å². The van der Waals surface area contributed by atoms with Crippen molar-refractivity contribution in [2.45, 2.75) is 0 Å². The van der Waals surface area contributed by atoms with Gasteiger partial charge in [0, 0.05) is 4.88 Å². The van der Waals surface area contributed by atoms with E-state index in [0.29, 0.717) is 11.5 Å². The molecule has 0 radical (unpaired) electrons. The molecule has 1 N–H and O–H groups in total. The van der Waals surface area contributed by atoms with E-state index in [1.807, 2.05) is 18.2 Å². The molecule has 4 nitrogen and oxygen atoms in total. The first-order valence-corrected chi connectivity index (χ1v) is 6.03. The molecule has 0 unspecified atom stereocenters. The van der Waals surface area contributed by atoms with Gasteiger partial charge in [0.05, 0.1) is 19.8 Å². The number of rotatable bonds is 4. The van der Waals surface area contributed by atoms with Gasteiger partial charge in [-0.3, -0.25) is 0 Å². The van der Waals surface area contributed by atoms with E-state index >= 15 is 0 Å². The Bertz CT molecular complexity index is 552. The number of thiophene rings is 1. The summed E-state index contributed by atoms with van der Waals surface area (Å²) in [6.07, 6.45) is 0. The third-order valence-electron chi connectivity index (χ3n) is 2.49. The highest BCUT2D eigenvalue weighted by Gasteiger charge is 2.16. The lowest BCUT2D eigenvalue weighted by Crippen LogP contribution is -1.91. The molecule has 0 atom stereocenters. The monoisotopic (exact) mass is 264 g/mol. The molecular formula is C13H12O4S. The summed E-state index contributed by atoms with van der Waals surface area (Å²) in [6, 6.07) is 8.80. The molecule has 2 aromatic rings. The molecule has 0 saturated carbocycles. The maximum Gasteiger partial charge on any atom is 0.345 e. The van der Waals surface area contributed by atoms with Crippen molar-refractivity contribution in [1.82, 2.24) is 0 Å². The lowest BCUT2D eigenvalue weighted by atomic mass is 10.1. The zero-order valence-electron chi connectivity index (χ0n) is 9.97. The van der Waals surface area contributed by atoms with Crippen molar-refractivity contribution in [3.05, 3.63) is 35.2 Å². The molecule has 5 heteroatoms. The summed E-state index contributed by atoms with van der Waals surface area (Å²) < 4.78 is 10.6. The van der Waals surface area contributed by atoms with E-state index in [-0.39, 0.29) is 4.88 Å². The molecule has 94 valence electrons. The van der Waals surface area contributed by atoms with Gasteiger partial charge >= 0.3 is 5.97 Å². The first-order chi connectivity index (χ1) is 8.67. The molecule has 0 amide bonds. The molecule has 18 heavy (non-hydrogen) atoms. The minimum atomic E-state index is -0.930. The molecule has 0 spiro atoms. The summed E-state index contributed by atoms with van der Waals surface area (Å²) in [4.78, 5) is 12.0. The van der Waals surface area contributed by atoms with Gasteiger partial charge in [0.1, 0.15) is 16.4 Å². The van der Waals surface area contributed by atoms with Gasteiger partial charge in [0.25, 0.3) is 0 Å². The highest BCUT2D eigenvalue weighted by Crippen LogP contribution is 2.41. The van der Waals surface area contributed by atoms with Gasteiger partial charge in [0.15, 0.2) is 0 Å². The average Bonchev–Trinajstić information content (AvgIpc) is 2.87. The Labute approximate surface area is 108 Å². The summed E-state index contributed by atoms with van der Waals surface area (Å²) in [5.74, 6) is 0.390. The fourth-order valence-electron chi connectivity index (χ4n) is 1.68. The largest absolute Gasteiger partial charge is 0.496 e. The average molecular weight is 264 g/mol. The molecule has 0 saturated heterocycles. The van der Waals surface area contributed by atoms with Gasteiger partial charge in [-0.1, -0.05) is 6.07 Å². The van der Waals surface area contributed by atoms with E-state index in [2.05, 4.69) is 0 Å². The van der Waals surface area contributed by atoms with Crippen LogP contribution < -0.4 is 9.47 Å². The van der Waals surface area contributed by atoms with E-state index in [0.717, 1.165) is 10.4 Å². The summed E-state index contributed by atoms with van der Waals surface area (Å²) in [7, 11) is 3.15. The molecular weight excluding hydrogens is 252 g/mol. The number of ether oxygens (including phenoxy) is 2. The van der Waals surface area contributed by atoms with E-state index in [1.54, 1.807) is 26.4 Å². The zero-order chi connectivity index (χ0) is 13.1. The summed E-state index contributed by atoms with van der Waals surface area (Å²) in [5, 5.41) is 8.95. The molecule has 0 aliphatic carbocycles. The second kappa shape index (κ2) is 5.10. The normalized spacial score (nSPS) is 10.1. The number of methoxy groups -OCH3 is 2. The van der Waals surface area contributed by atoms with Crippen LogP contribution in [0, 0.1) is 0 Å².